The summed E-state index contributed by atoms with van der Waals surface area (Å²) < 4.78 is 13.5. The molecule has 160 valence electrons. The van der Waals surface area contributed by atoms with Crippen molar-refractivity contribution in [3.05, 3.63) is 120 Å². The highest BCUT2D eigenvalue weighted by Gasteiger charge is 2.29. The number of hydrogen-bond donors (Lipinski definition) is 0. The van der Waals surface area contributed by atoms with Crippen molar-refractivity contribution in [1.82, 2.24) is 9.80 Å². The van der Waals surface area contributed by atoms with Crippen molar-refractivity contribution in [2.75, 3.05) is 26.2 Å². The second kappa shape index (κ2) is 8.93. The van der Waals surface area contributed by atoms with Crippen molar-refractivity contribution < 1.29 is 9.18 Å². The smallest absolute Gasteiger partial charge is 0.254 e. The summed E-state index contributed by atoms with van der Waals surface area (Å²) in [6.45, 7) is 2.83. The lowest BCUT2D eigenvalue weighted by Gasteiger charge is -2.40. The van der Waals surface area contributed by atoms with E-state index in [4.69, 9.17) is 0 Å². The van der Waals surface area contributed by atoms with Gasteiger partial charge in [0.15, 0.2) is 0 Å². The fourth-order valence-corrected chi connectivity index (χ4v) is 4.66. The minimum atomic E-state index is -0.230. The molecule has 32 heavy (non-hydrogen) atoms. The van der Waals surface area contributed by atoms with Gasteiger partial charge in [-0.05, 0) is 40.1 Å². The average molecular weight is 425 g/mol. The van der Waals surface area contributed by atoms with E-state index >= 15 is 0 Å². The quantitative estimate of drug-likeness (QED) is 0.430. The van der Waals surface area contributed by atoms with Crippen LogP contribution in [0.15, 0.2) is 97.1 Å². The molecule has 4 aromatic carbocycles. The molecule has 4 aromatic rings. The molecule has 1 atom stereocenters. The highest BCUT2D eigenvalue weighted by molar-refractivity contribution is 6.07. The van der Waals surface area contributed by atoms with Gasteiger partial charge in [-0.1, -0.05) is 78.9 Å². The molecule has 0 bridgehead atoms. The van der Waals surface area contributed by atoms with E-state index in [-0.39, 0.29) is 17.8 Å². The van der Waals surface area contributed by atoms with Gasteiger partial charge < -0.3 is 4.90 Å². The summed E-state index contributed by atoms with van der Waals surface area (Å²) in [5.74, 6) is -0.148. The number of rotatable bonds is 4. The van der Waals surface area contributed by atoms with Crippen LogP contribution in [0.2, 0.25) is 0 Å². The van der Waals surface area contributed by atoms with Crippen molar-refractivity contribution in [2.24, 2.45) is 0 Å². The second-order valence-corrected chi connectivity index (χ2v) is 8.22. The third-order valence-electron chi connectivity index (χ3n) is 6.29. The molecule has 4 heteroatoms. The van der Waals surface area contributed by atoms with Crippen LogP contribution in [0.5, 0.6) is 0 Å². The largest absolute Gasteiger partial charge is 0.336 e. The fourth-order valence-electron chi connectivity index (χ4n) is 4.66. The molecule has 0 aromatic heterocycles. The summed E-state index contributed by atoms with van der Waals surface area (Å²) in [7, 11) is 0. The van der Waals surface area contributed by atoms with Crippen LogP contribution in [0.1, 0.15) is 27.5 Å². The van der Waals surface area contributed by atoms with Gasteiger partial charge in [0.1, 0.15) is 5.82 Å². The number of carbonyl (C=O) groups excluding carboxylic acids is 1. The van der Waals surface area contributed by atoms with E-state index in [1.54, 1.807) is 0 Å². The predicted molar refractivity (Wildman–Crippen MR) is 126 cm³/mol. The zero-order valence-electron chi connectivity index (χ0n) is 17.8. The predicted octanol–water partition coefficient (Wildman–Crippen LogP) is 5.53. The van der Waals surface area contributed by atoms with Crippen molar-refractivity contribution in [3.8, 4) is 0 Å². The topological polar surface area (TPSA) is 23.6 Å². The number of piperazine rings is 1. The molecule has 1 aliphatic heterocycles. The molecule has 0 spiro atoms. The number of amides is 1. The number of fused-ring (bicyclic) bond motifs is 1. The van der Waals surface area contributed by atoms with Crippen LogP contribution in [-0.2, 0) is 0 Å². The fraction of sp³-hybridized carbons (Fsp3) is 0.179. The average Bonchev–Trinajstić information content (AvgIpc) is 2.86. The van der Waals surface area contributed by atoms with Crippen LogP contribution >= 0.6 is 0 Å². The molecule has 3 nitrogen and oxygen atoms in total. The van der Waals surface area contributed by atoms with Gasteiger partial charge in [0, 0.05) is 31.7 Å². The first-order valence-corrected chi connectivity index (χ1v) is 11.0. The lowest BCUT2D eigenvalue weighted by molar-refractivity contribution is 0.0599. The Morgan fingerprint density at radius 1 is 0.688 bits per heavy atom. The first-order chi connectivity index (χ1) is 15.7. The van der Waals surface area contributed by atoms with E-state index in [2.05, 4.69) is 17.0 Å². The number of carbonyl (C=O) groups is 1. The van der Waals surface area contributed by atoms with Crippen molar-refractivity contribution in [1.29, 1.82) is 0 Å². The summed E-state index contributed by atoms with van der Waals surface area (Å²) in [5.41, 5.74) is 2.99. The molecule has 0 unspecified atom stereocenters. The molecule has 1 heterocycles. The van der Waals surface area contributed by atoms with E-state index in [0.717, 1.165) is 35.0 Å². The minimum absolute atomic E-state index is 0.0339. The highest BCUT2D eigenvalue weighted by Crippen LogP contribution is 2.30. The van der Waals surface area contributed by atoms with Crippen molar-refractivity contribution in [2.45, 2.75) is 6.04 Å². The maximum atomic E-state index is 13.5. The summed E-state index contributed by atoms with van der Waals surface area (Å²) in [5, 5.41) is 2.08. The van der Waals surface area contributed by atoms with E-state index in [1.807, 2.05) is 77.7 Å². The van der Waals surface area contributed by atoms with Gasteiger partial charge in [0.2, 0.25) is 0 Å². The van der Waals surface area contributed by atoms with Gasteiger partial charge in [-0.25, -0.2) is 4.39 Å². The summed E-state index contributed by atoms with van der Waals surface area (Å²) >= 11 is 0. The molecule has 0 radical (unpaired) electrons. The van der Waals surface area contributed by atoms with Crippen LogP contribution in [0.25, 0.3) is 10.8 Å². The Hall–Kier alpha value is -3.50. The highest BCUT2D eigenvalue weighted by atomic mass is 19.1. The third-order valence-corrected chi connectivity index (χ3v) is 6.29. The normalized spacial score (nSPS) is 15.6. The van der Waals surface area contributed by atoms with Crippen LogP contribution in [0.3, 0.4) is 0 Å². The standard InChI is InChI=1S/C28H25FN2O/c29-24-15-13-23(14-16-24)27(22-8-2-1-3-9-22)30-17-19-31(20-18-30)28(32)26-12-6-10-21-7-4-5-11-25(21)26/h1-16,27H,17-20H2/t27-/m0/s1. The van der Waals surface area contributed by atoms with Crippen molar-refractivity contribution >= 4 is 16.7 Å². The lowest BCUT2D eigenvalue weighted by Crippen LogP contribution is -2.49. The van der Waals surface area contributed by atoms with Crippen LogP contribution in [0, 0.1) is 5.82 Å². The monoisotopic (exact) mass is 424 g/mol. The van der Waals surface area contributed by atoms with Gasteiger partial charge in [-0.3, -0.25) is 9.69 Å². The molecule has 5 rings (SSSR count). The Labute approximate surface area is 187 Å². The number of nitrogens with zero attached hydrogens (tertiary/aromatic N) is 2. The van der Waals surface area contributed by atoms with E-state index in [0.29, 0.717) is 13.1 Å². The summed E-state index contributed by atoms with van der Waals surface area (Å²) in [6, 6.07) is 31.0. The molecule has 1 aliphatic rings. The second-order valence-electron chi connectivity index (χ2n) is 8.22. The molecule has 0 saturated carbocycles. The maximum Gasteiger partial charge on any atom is 0.254 e. The van der Waals surface area contributed by atoms with E-state index < -0.39 is 0 Å². The Morgan fingerprint density at radius 2 is 1.31 bits per heavy atom. The molecular weight excluding hydrogens is 399 g/mol. The Balaban J connectivity index is 1.37. The van der Waals surface area contributed by atoms with Crippen LogP contribution in [-0.4, -0.2) is 41.9 Å². The Morgan fingerprint density at radius 3 is 2.06 bits per heavy atom. The summed E-state index contributed by atoms with van der Waals surface area (Å²) in [4.78, 5) is 17.7. The molecule has 0 aliphatic carbocycles. The first kappa shape index (κ1) is 20.4. The number of hydrogen-bond acceptors (Lipinski definition) is 2. The zero-order chi connectivity index (χ0) is 21.9. The van der Waals surface area contributed by atoms with Crippen molar-refractivity contribution in [3.63, 3.8) is 0 Å². The third kappa shape index (κ3) is 4.02. The maximum absolute atomic E-state index is 13.5. The molecule has 1 amide bonds. The number of benzene rings is 4. The number of halogens is 1. The minimum Gasteiger partial charge on any atom is -0.336 e. The van der Waals surface area contributed by atoms with Gasteiger partial charge >= 0.3 is 0 Å². The molecular formula is C28H25FN2O. The van der Waals surface area contributed by atoms with Gasteiger partial charge in [0.25, 0.3) is 5.91 Å². The zero-order valence-corrected chi connectivity index (χ0v) is 17.8. The summed E-state index contributed by atoms with van der Waals surface area (Å²) in [6.07, 6.45) is 0. The molecule has 1 fully saturated rings. The lowest BCUT2D eigenvalue weighted by atomic mass is 9.96. The SMILES string of the molecule is O=C(c1cccc2ccccc12)N1CCN([C@@H](c2ccccc2)c2ccc(F)cc2)CC1. The van der Waals surface area contributed by atoms with E-state index in [9.17, 15) is 9.18 Å². The molecule has 0 N–H and O–H groups in total. The Bertz CT molecular complexity index is 1210. The van der Waals surface area contributed by atoms with E-state index in [1.165, 1.54) is 17.7 Å². The van der Waals surface area contributed by atoms with Gasteiger partial charge in [-0.2, -0.15) is 0 Å². The van der Waals surface area contributed by atoms with Gasteiger partial charge in [-0.15, -0.1) is 0 Å². The van der Waals surface area contributed by atoms with Crippen LogP contribution < -0.4 is 0 Å². The Kier molecular flexibility index (Phi) is 5.70. The first-order valence-electron chi connectivity index (χ1n) is 11.0. The molecule has 1 saturated heterocycles. The van der Waals surface area contributed by atoms with Gasteiger partial charge in [0.05, 0.1) is 6.04 Å². The van der Waals surface area contributed by atoms with Crippen LogP contribution in [0.4, 0.5) is 4.39 Å².